The number of nitrogens with two attached hydrogens (primary N) is 1. The van der Waals surface area contributed by atoms with Crippen LogP contribution < -0.4 is 21.7 Å². The number of phenols is 1. The smallest absolute Gasteiger partial charge is 0.243 e. The predicted molar refractivity (Wildman–Crippen MR) is 134 cm³/mol. The molecule has 9 nitrogen and oxygen atoms in total. The Morgan fingerprint density at radius 3 is 2.11 bits per heavy atom. The Kier molecular flexibility index (Phi) is 10.7. The van der Waals surface area contributed by atoms with E-state index in [0.717, 1.165) is 11.1 Å². The molecule has 0 saturated heterocycles. The minimum atomic E-state index is -0.948. The van der Waals surface area contributed by atoms with Gasteiger partial charge in [-0.2, -0.15) is 0 Å². The molecule has 1 aromatic heterocycles. The normalized spacial score (nSPS) is 14.5. The number of benzene rings is 1. The molecule has 1 aromatic carbocycles. The Morgan fingerprint density at radius 2 is 1.54 bits per heavy atom. The maximum Gasteiger partial charge on any atom is 0.243 e. The van der Waals surface area contributed by atoms with Crippen molar-refractivity contribution in [3.63, 3.8) is 0 Å². The van der Waals surface area contributed by atoms with Crippen molar-refractivity contribution in [1.82, 2.24) is 20.9 Å². The van der Waals surface area contributed by atoms with Gasteiger partial charge >= 0.3 is 0 Å². The summed E-state index contributed by atoms with van der Waals surface area (Å²) in [5, 5.41) is 18.0. The molecule has 1 heterocycles. The molecule has 190 valence electrons. The van der Waals surface area contributed by atoms with Crippen molar-refractivity contribution in [2.45, 2.75) is 65.2 Å². The molecule has 0 radical (unpaired) electrons. The molecule has 9 heteroatoms. The molecular weight excluding hydrogens is 446 g/mol. The maximum absolute atomic E-state index is 13.3. The third-order valence-corrected chi connectivity index (χ3v) is 6.04. The lowest BCUT2D eigenvalue weighted by molar-refractivity contribution is -0.133. The Morgan fingerprint density at radius 1 is 0.914 bits per heavy atom. The van der Waals surface area contributed by atoms with Gasteiger partial charge in [0.1, 0.15) is 17.8 Å². The lowest BCUT2D eigenvalue weighted by Gasteiger charge is -2.27. The standard InChI is InChI=1S/C26H37N5O4/c1-5-17(4)23(26(35)29-15-19-10-12-28-13-11-19)31-24(33)21(30-25(34)22(27)16(2)3)14-18-6-8-20(32)9-7-18/h6-13,16-17,21-23,32H,5,14-15,27H2,1-4H3,(H,29,35)(H,30,34)(H,31,33)/t17?,21-,22-,23-/m0/s1. The monoisotopic (exact) mass is 483 g/mol. The minimum absolute atomic E-state index is 0.100. The van der Waals surface area contributed by atoms with Crippen LogP contribution >= 0.6 is 0 Å². The molecule has 0 aliphatic heterocycles. The molecule has 0 aliphatic carbocycles. The van der Waals surface area contributed by atoms with Gasteiger partial charge in [-0.15, -0.1) is 0 Å². The highest BCUT2D eigenvalue weighted by Gasteiger charge is 2.31. The van der Waals surface area contributed by atoms with Crippen LogP contribution in [0.25, 0.3) is 0 Å². The molecular formula is C26H37N5O4. The van der Waals surface area contributed by atoms with Gasteiger partial charge in [-0.3, -0.25) is 19.4 Å². The van der Waals surface area contributed by atoms with E-state index in [1.165, 1.54) is 12.1 Å². The summed E-state index contributed by atoms with van der Waals surface area (Å²) in [6, 6.07) is 7.48. The van der Waals surface area contributed by atoms with Crippen molar-refractivity contribution < 1.29 is 19.5 Å². The van der Waals surface area contributed by atoms with E-state index in [9.17, 15) is 19.5 Å². The first kappa shape index (κ1) is 27.8. The second kappa shape index (κ2) is 13.4. The highest BCUT2D eigenvalue weighted by molar-refractivity contribution is 5.93. The average molecular weight is 484 g/mol. The quantitative estimate of drug-likeness (QED) is 0.310. The lowest BCUT2D eigenvalue weighted by atomic mass is 9.96. The van der Waals surface area contributed by atoms with Crippen LogP contribution in [-0.4, -0.2) is 45.9 Å². The van der Waals surface area contributed by atoms with E-state index in [-0.39, 0.29) is 29.9 Å². The third-order valence-electron chi connectivity index (χ3n) is 6.04. The number of carbonyl (C=O) groups excluding carboxylic acids is 3. The van der Waals surface area contributed by atoms with Gasteiger partial charge in [0.2, 0.25) is 17.7 Å². The number of amides is 3. The zero-order valence-corrected chi connectivity index (χ0v) is 20.8. The number of phenolic OH excluding ortho intramolecular Hbond substituents is 1. The molecule has 6 N–H and O–H groups in total. The second-order valence-electron chi connectivity index (χ2n) is 9.15. The average Bonchev–Trinajstić information content (AvgIpc) is 2.86. The van der Waals surface area contributed by atoms with Crippen LogP contribution in [0.15, 0.2) is 48.8 Å². The van der Waals surface area contributed by atoms with E-state index in [2.05, 4.69) is 20.9 Å². The number of nitrogens with zero attached hydrogens (tertiary/aromatic N) is 1. The van der Waals surface area contributed by atoms with Gasteiger partial charge in [0, 0.05) is 25.4 Å². The minimum Gasteiger partial charge on any atom is -0.508 e. The Bertz CT molecular complexity index is 965. The van der Waals surface area contributed by atoms with Crippen molar-refractivity contribution in [1.29, 1.82) is 0 Å². The van der Waals surface area contributed by atoms with E-state index in [1.807, 2.05) is 27.7 Å². The van der Waals surface area contributed by atoms with Crippen LogP contribution in [0.2, 0.25) is 0 Å². The molecule has 4 atom stereocenters. The molecule has 0 spiro atoms. The molecule has 2 rings (SSSR count). The summed E-state index contributed by atoms with van der Waals surface area (Å²) in [7, 11) is 0. The largest absolute Gasteiger partial charge is 0.508 e. The number of carbonyl (C=O) groups is 3. The van der Waals surface area contributed by atoms with Crippen LogP contribution in [0.3, 0.4) is 0 Å². The first-order valence-corrected chi connectivity index (χ1v) is 11.9. The highest BCUT2D eigenvalue weighted by atomic mass is 16.3. The summed E-state index contributed by atoms with van der Waals surface area (Å²) in [4.78, 5) is 43.0. The number of hydrogen-bond acceptors (Lipinski definition) is 6. The summed E-state index contributed by atoms with van der Waals surface area (Å²) in [6.07, 6.45) is 4.14. The van der Waals surface area contributed by atoms with Crippen molar-refractivity contribution in [2.24, 2.45) is 17.6 Å². The number of aromatic nitrogens is 1. The molecule has 3 amide bonds. The van der Waals surface area contributed by atoms with Crippen molar-refractivity contribution in [2.75, 3.05) is 0 Å². The Labute approximate surface area is 206 Å². The third kappa shape index (κ3) is 8.68. The van der Waals surface area contributed by atoms with Gasteiger partial charge in [0.05, 0.1) is 6.04 Å². The summed E-state index contributed by atoms with van der Waals surface area (Å²) in [6.45, 7) is 7.79. The first-order chi connectivity index (χ1) is 16.6. The molecule has 1 unspecified atom stereocenters. The van der Waals surface area contributed by atoms with Crippen LogP contribution in [0.4, 0.5) is 0 Å². The predicted octanol–water partition coefficient (Wildman–Crippen LogP) is 1.65. The zero-order valence-electron chi connectivity index (χ0n) is 20.8. The summed E-state index contributed by atoms with van der Waals surface area (Å²) >= 11 is 0. The molecule has 2 aromatic rings. The molecule has 0 bridgehead atoms. The topological polar surface area (TPSA) is 146 Å². The number of aromatic hydroxyl groups is 1. The zero-order chi connectivity index (χ0) is 26.0. The summed E-state index contributed by atoms with van der Waals surface area (Å²) < 4.78 is 0. The van der Waals surface area contributed by atoms with Gasteiger partial charge in [-0.25, -0.2) is 0 Å². The second-order valence-corrected chi connectivity index (χ2v) is 9.15. The van der Waals surface area contributed by atoms with Gasteiger partial charge < -0.3 is 26.8 Å². The van der Waals surface area contributed by atoms with Crippen LogP contribution in [0, 0.1) is 11.8 Å². The highest BCUT2D eigenvalue weighted by Crippen LogP contribution is 2.13. The van der Waals surface area contributed by atoms with E-state index in [1.54, 1.807) is 36.7 Å². The molecule has 0 fully saturated rings. The number of nitrogens with one attached hydrogen (secondary N) is 3. The van der Waals surface area contributed by atoms with Crippen LogP contribution in [-0.2, 0) is 27.3 Å². The molecule has 0 aliphatic rings. The maximum atomic E-state index is 13.3. The summed E-state index contributed by atoms with van der Waals surface area (Å²) in [5.74, 6) is -1.38. The fraction of sp³-hybridized carbons (Fsp3) is 0.462. The van der Waals surface area contributed by atoms with Gasteiger partial charge in [0.15, 0.2) is 0 Å². The lowest BCUT2D eigenvalue weighted by Crippen LogP contribution is -2.58. The fourth-order valence-electron chi connectivity index (χ4n) is 3.40. The van der Waals surface area contributed by atoms with E-state index < -0.39 is 29.9 Å². The number of rotatable bonds is 12. The van der Waals surface area contributed by atoms with Crippen molar-refractivity contribution in [3.05, 3.63) is 59.9 Å². The van der Waals surface area contributed by atoms with Crippen molar-refractivity contribution >= 4 is 17.7 Å². The SMILES string of the molecule is CCC(C)[C@H](NC(=O)[C@H](Cc1ccc(O)cc1)NC(=O)[C@@H](N)C(C)C)C(=O)NCc1ccncc1. The van der Waals surface area contributed by atoms with Gasteiger partial charge in [-0.1, -0.05) is 46.2 Å². The van der Waals surface area contributed by atoms with Gasteiger partial charge in [-0.05, 0) is 47.2 Å². The fourth-order valence-corrected chi connectivity index (χ4v) is 3.40. The molecule has 35 heavy (non-hydrogen) atoms. The van der Waals surface area contributed by atoms with Crippen LogP contribution in [0.1, 0.15) is 45.2 Å². The van der Waals surface area contributed by atoms with E-state index >= 15 is 0 Å². The van der Waals surface area contributed by atoms with Crippen LogP contribution in [0.5, 0.6) is 5.75 Å². The number of pyridine rings is 1. The van der Waals surface area contributed by atoms with Crippen molar-refractivity contribution in [3.8, 4) is 5.75 Å². The molecule has 0 saturated carbocycles. The summed E-state index contributed by atoms with van der Waals surface area (Å²) in [5.41, 5.74) is 7.62. The van der Waals surface area contributed by atoms with E-state index in [0.29, 0.717) is 13.0 Å². The first-order valence-electron chi connectivity index (χ1n) is 11.9. The Balaban J connectivity index is 2.18. The van der Waals surface area contributed by atoms with E-state index in [4.69, 9.17) is 5.73 Å². The Hall–Kier alpha value is -3.46. The number of hydrogen-bond donors (Lipinski definition) is 5. The van der Waals surface area contributed by atoms with Gasteiger partial charge in [0.25, 0.3) is 0 Å².